The van der Waals surface area contributed by atoms with Crippen molar-refractivity contribution in [1.82, 2.24) is 26.3 Å². The van der Waals surface area contributed by atoms with Gasteiger partial charge in [-0.25, -0.2) is 4.79 Å². The first-order chi connectivity index (χ1) is 14.6. The van der Waals surface area contributed by atoms with Gasteiger partial charge in [-0.1, -0.05) is 33.8 Å². The molecule has 0 spiro atoms. The van der Waals surface area contributed by atoms with Crippen LogP contribution < -0.4 is 16.0 Å². The van der Waals surface area contributed by atoms with Gasteiger partial charge in [0.2, 0.25) is 5.91 Å². The van der Waals surface area contributed by atoms with Gasteiger partial charge in [0.1, 0.15) is 11.6 Å². The largest absolute Gasteiger partial charge is 0.447 e. The Morgan fingerprint density at radius 1 is 1.03 bits per heavy atom. The Morgan fingerprint density at radius 2 is 1.74 bits per heavy atom. The first kappa shape index (κ1) is 24.1. The molecule has 2 atom stereocenters. The van der Waals surface area contributed by atoms with Crippen molar-refractivity contribution in [2.75, 3.05) is 6.54 Å². The summed E-state index contributed by atoms with van der Waals surface area (Å²) in [5, 5.41) is 15.7. The van der Waals surface area contributed by atoms with Crippen LogP contribution in [0.25, 0.3) is 11.1 Å². The number of fused-ring (bicyclic) bond motifs is 1. The molecule has 0 aliphatic rings. The fourth-order valence-corrected chi connectivity index (χ4v) is 2.92. The smallest absolute Gasteiger partial charge is 0.408 e. The molecule has 31 heavy (non-hydrogen) atoms. The monoisotopic (exact) mass is 433 g/mol. The number of hydrogen-bond donors (Lipinski definition) is 3. The van der Waals surface area contributed by atoms with E-state index in [-0.39, 0.29) is 42.3 Å². The molecule has 170 valence electrons. The van der Waals surface area contributed by atoms with Gasteiger partial charge in [-0.3, -0.25) is 9.59 Å². The third kappa shape index (κ3) is 6.66. The van der Waals surface area contributed by atoms with Gasteiger partial charge >= 0.3 is 6.09 Å². The Hall–Kier alpha value is -3.17. The zero-order chi connectivity index (χ0) is 23.1. The molecule has 1 aromatic carbocycles. The maximum absolute atomic E-state index is 12.9. The fourth-order valence-electron chi connectivity index (χ4n) is 2.92. The van der Waals surface area contributed by atoms with Crippen LogP contribution in [-0.2, 0) is 9.53 Å². The molecule has 0 bridgehead atoms. The van der Waals surface area contributed by atoms with Crippen LogP contribution in [0.1, 0.15) is 51.9 Å². The number of hydrogen-bond acceptors (Lipinski definition) is 7. The highest BCUT2D eigenvalue weighted by atomic mass is 16.6. The zero-order valence-electron chi connectivity index (χ0n) is 18.8. The molecule has 10 heteroatoms. The lowest BCUT2D eigenvalue weighted by Gasteiger charge is -2.27. The Balaban J connectivity index is 2.02. The highest BCUT2D eigenvalue weighted by molar-refractivity contribution is 6.04. The van der Waals surface area contributed by atoms with Crippen molar-refractivity contribution < 1.29 is 23.6 Å². The number of aromatic nitrogens is 2. The quantitative estimate of drug-likeness (QED) is 0.552. The fraction of sp³-hybridized carbons (Fsp3) is 0.571. The van der Waals surface area contributed by atoms with Crippen molar-refractivity contribution in [1.29, 1.82) is 0 Å². The highest BCUT2D eigenvalue weighted by Crippen LogP contribution is 2.15. The molecule has 0 saturated carbocycles. The van der Waals surface area contributed by atoms with E-state index in [0.29, 0.717) is 16.7 Å². The van der Waals surface area contributed by atoms with Crippen LogP contribution in [0.15, 0.2) is 22.7 Å². The molecular formula is C21H31N5O5. The maximum atomic E-state index is 12.9. The molecule has 1 aromatic heterocycles. The molecule has 0 aliphatic carbocycles. The second-order valence-corrected chi connectivity index (χ2v) is 8.31. The summed E-state index contributed by atoms with van der Waals surface area (Å²) in [7, 11) is 0. The molecule has 0 aliphatic heterocycles. The summed E-state index contributed by atoms with van der Waals surface area (Å²) in [6.45, 7) is 11.2. The minimum atomic E-state index is -0.766. The first-order valence-corrected chi connectivity index (χ1v) is 10.4. The van der Waals surface area contributed by atoms with E-state index in [4.69, 9.17) is 9.26 Å². The van der Waals surface area contributed by atoms with Gasteiger partial charge < -0.3 is 25.2 Å². The summed E-state index contributed by atoms with van der Waals surface area (Å²) >= 11 is 0. The average Bonchev–Trinajstić information content (AvgIpc) is 3.16. The van der Waals surface area contributed by atoms with Crippen molar-refractivity contribution in [3.05, 3.63) is 23.8 Å². The molecule has 0 fully saturated rings. The van der Waals surface area contributed by atoms with Gasteiger partial charge in [0.25, 0.3) is 5.91 Å². The summed E-state index contributed by atoms with van der Waals surface area (Å²) in [5.41, 5.74) is 1.13. The number of nitrogens with one attached hydrogen (secondary N) is 3. The molecule has 0 unspecified atom stereocenters. The minimum Gasteiger partial charge on any atom is -0.447 e. The molecule has 10 nitrogen and oxygen atoms in total. The van der Waals surface area contributed by atoms with E-state index >= 15 is 0 Å². The van der Waals surface area contributed by atoms with E-state index in [1.807, 2.05) is 27.7 Å². The number of rotatable bonds is 9. The first-order valence-electron chi connectivity index (χ1n) is 10.4. The SMILES string of the molecule is CC(C)OC(=O)N[C@H](C(=O)N[C@H](CNC(=O)c1cccc2onnc12)C(C)C)C(C)C. The summed E-state index contributed by atoms with van der Waals surface area (Å²) in [6.07, 6.45) is -0.938. The van der Waals surface area contributed by atoms with Crippen molar-refractivity contribution in [2.24, 2.45) is 11.8 Å². The van der Waals surface area contributed by atoms with E-state index in [0.717, 1.165) is 0 Å². The number of alkyl carbamates (subject to hydrolysis) is 1. The van der Waals surface area contributed by atoms with Crippen LogP contribution in [-0.4, -0.2) is 53.0 Å². The summed E-state index contributed by atoms with van der Waals surface area (Å²) in [6, 6.07) is 3.87. The summed E-state index contributed by atoms with van der Waals surface area (Å²) in [5.74, 6) is -0.810. The van der Waals surface area contributed by atoms with E-state index < -0.39 is 12.1 Å². The zero-order valence-corrected chi connectivity index (χ0v) is 18.8. The number of benzene rings is 1. The number of ether oxygens (including phenoxy) is 1. The van der Waals surface area contributed by atoms with Crippen molar-refractivity contribution in [3.8, 4) is 0 Å². The predicted molar refractivity (Wildman–Crippen MR) is 114 cm³/mol. The van der Waals surface area contributed by atoms with E-state index in [1.165, 1.54) is 0 Å². The van der Waals surface area contributed by atoms with Gasteiger partial charge in [-0.05, 0) is 37.8 Å². The van der Waals surface area contributed by atoms with Crippen LogP contribution in [0.2, 0.25) is 0 Å². The molecular weight excluding hydrogens is 402 g/mol. The third-order valence-electron chi connectivity index (χ3n) is 4.70. The minimum absolute atomic E-state index is 0.0317. The number of carbonyl (C=O) groups is 3. The van der Waals surface area contributed by atoms with Crippen LogP contribution >= 0.6 is 0 Å². The van der Waals surface area contributed by atoms with Gasteiger partial charge in [-0.2, -0.15) is 0 Å². The number of nitrogens with zero attached hydrogens (tertiary/aromatic N) is 2. The number of amides is 3. The average molecular weight is 434 g/mol. The van der Waals surface area contributed by atoms with Crippen LogP contribution in [0.4, 0.5) is 4.79 Å². The highest BCUT2D eigenvalue weighted by Gasteiger charge is 2.28. The van der Waals surface area contributed by atoms with Crippen molar-refractivity contribution in [3.63, 3.8) is 0 Å². The van der Waals surface area contributed by atoms with Gasteiger partial charge in [-0.15, -0.1) is 5.10 Å². The Labute approximate surface area is 181 Å². The normalized spacial score (nSPS) is 13.3. The molecule has 0 saturated heterocycles. The lowest BCUT2D eigenvalue weighted by Crippen LogP contribution is -2.55. The lowest BCUT2D eigenvalue weighted by molar-refractivity contribution is -0.125. The van der Waals surface area contributed by atoms with E-state index in [9.17, 15) is 14.4 Å². The Kier molecular flexibility index (Phi) is 8.35. The maximum Gasteiger partial charge on any atom is 0.408 e. The second-order valence-electron chi connectivity index (χ2n) is 8.31. The third-order valence-corrected chi connectivity index (χ3v) is 4.70. The molecule has 2 rings (SSSR count). The lowest BCUT2D eigenvalue weighted by atomic mass is 10.00. The topological polar surface area (TPSA) is 135 Å². The van der Waals surface area contributed by atoms with E-state index in [2.05, 4.69) is 26.3 Å². The molecule has 1 heterocycles. The van der Waals surface area contributed by atoms with Crippen molar-refractivity contribution in [2.45, 2.75) is 59.7 Å². The Bertz CT molecular complexity index is 908. The van der Waals surface area contributed by atoms with Crippen LogP contribution in [0, 0.1) is 11.8 Å². The number of carbonyl (C=O) groups excluding carboxylic acids is 3. The Morgan fingerprint density at radius 3 is 2.35 bits per heavy atom. The molecule has 3 N–H and O–H groups in total. The van der Waals surface area contributed by atoms with Gasteiger partial charge in [0.05, 0.1) is 11.7 Å². The van der Waals surface area contributed by atoms with Crippen molar-refractivity contribution >= 4 is 29.0 Å². The van der Waals surface area contributed by atoms with Crippen LogP contribution in [0.5, 0.6) is 0 Å². The van der Waals surface area contributed by atoms with E-state index in [1.54, 1.807) is 32.0 Å². The second kappa shape index (κ2) is 10.7. The predicted octanol–water partition coefficient (Wildman–Crippen LogP) is 2.25. The molecule has 2 aromatic rings. The standard InChI is InChI=1S/C21H31N5O5/c1-11(2)15(23-20(28)17(12(3)4)24-21(29)30-13(5)6)10-22-19(27)14-8-7-9-16-18(14)25-26-31-16/h7-9,11-13,15,17H,10H2,1-6H3,(H,22,27)(H,23,28)(H,24,29)/t15-,17+/m1/s1. The van der Waals surface area contributed by atoms with Crippen LogP contribution in [0.3, 0.4) is 0 Å². The van der Waals surface area contributed by atoms with Gasteiger partial charge in [0, 0.05) is 17.9 Å². The molecule has 3 amide bonds. The summed E-state index contributed by atoms with van der Waals surface area (Å²) in [4.78, 5) is 37.5. The molecule has 0 radical (unpaired) electrons. The summed E-state index contributed by atoms with van der Waals surface area (Å²) < 4.78 is 10.1. The van der Waals surface area contributed by atoms with Gasteiger partial charge in [0.15, 0.2) is 5.58 Å².